The Morgan fingerprint density at radius 3 is 1.62 bits per heavy atom. The summed E-state index contributed by atoms with van der Waals surface area (Å²) in [4.78, 5) is 163. The van der Waals surface area contributed by atoms with E-state index in [0.717, 1.165) is 21.6 Å². The predicted octanol–water partition coefficient (Wildman–Crippen LogP) is 0.613. The minimum absolute atomic E-state index is 0.0467. The number of carboxylic acid groups (broad SMARTS) is 2. The molecule has 85 heavy (non-hydrogen) atoms. The number of nitrogens with one attached hydrogen (secondary N) is 8. The molecule has 1 aromatic carbocycles. The Hall–Kier alpha value is -7.28. The molecular weight excluding hydrogens is 1150 g/mol. The molecule has 0 aliphatic carbocycles. The number of hydrogen-bond acceptors (Lipinski definition) is 19. The number of benzene rings is 1. The molecule has 2 aromatic rings. The summed E-state index contributed by atoms with van der Waals surface area (Å²) in [5.74, 6) is -13.8. The van der Waals surface area contributed by atoms with Gasteiger partial charge in [-0.05, 0) is 84.7 Å². The number of aliphatic hydroxyl groups is 1. The van der Waals surface area contributed by atoms with Crippen LogP contribution in [0, 0.1) is 33.8 Å². The van der Waals surface area contributed by atoms with Gasteiger partial charge in [-0.1, -0.05) is 109 Å². The first-order chi connectivity index (χ1) is 40.1. The van der Waals surface area contributed by atoms with E-state index in [1.807, 2.05) is 0 Å². The number of unbranched alkanes of at least 4 members (excludes halogenated alkanes) is 1. The molecule has 0 aliphatic heterocycles. The summed E-state index contributed by atoms with van der Waals surface area (Å²) in [6, 6.07) is -1.87. The number of amides is 8. The number of pyridine rings is 1. The van der Waals surface area contributed by atoms with Gasteiger partial charge >= 0.3 is 17.6 Å². The molecule has 0 saturated carbocycles. The number of hydrogen-bond donors (Lipinski definition) is 13. The van der Waals surface area contributed by atoms with E-state index < -0.39 is 161 Å². The van der Waals surface area contributed by atoms with Gasteiger partial charge in [-0.2, -0.15) is 0 Å². The Bertz CT molecular complexity index is 2600. The maximum Gasteiger partial charge on any atom is 0.374 e. The predicted molar refractivity (Wildman–Crippen MR) is 315 cm³/mol. The second kappa shape index (κ2) is 37.9. The second-order valence-electron chi connectivity index (χ2n) is 21.2. The normalized spacial score (nSPS) is 15.1. The van der Waals surface area contributed by atoms with Crippen LogP contribution >= 0.6 is 21.6 Å². The SMILES string of the molecule is CC[C@H](C)[C@H](NC(=O)[C@H](CO)NC(=O)[C@@H](N)CSSc1ncccc1[N+](=O)[O-])C(=O)N[C@H](C(=O)N[C@H](C(=O)N[C@@H](Cc1ccccc1)C(=O)N[C@@H](CCC(=O)O)C(=O)N[C@@H](CCCCN)C(=O)N[C@@H](CC(C)C)C(=O)C(=O)O)C(C)C)[C@@H](C)CC. The standard InChI is InChI=1S/C55H84N12O16S2/c1-9-31(7)43(65-50(76)39(27-68)63-46(72)34(57)28-84-85-54-40(67(82)83)20-16-24-58-54)53(79)66-44(32(8)10-2)52(78)64-42(30(5)6)51(77)62-38(26-33-17-12-11-13-18-33)49(75)60-36(21-22-41(69)70)48(74)59-35(19-14-15-23-56)47(73)61-37(25-29(3)4)45(71)55(80)81/h11-13,16-18,20,24,29-32,34-39,42-44,68H,9-10,14-15,19,21-23,25-28,56-57H2,1-8H3,(H,59,74)(H,60,75)(H,61,73)(H,62,77)(H,63,72)(H,64,78)(H,65,76)(H,66,79)(H,69,70)(H,80,81)/t31-,32-,34-,35-,36-,37-,38-,39-,42-,43-,44-/m0/s1. The summed E-state index contributed by atoms with van der Waals surface area (Å²) in [7, 11) is 1.91. The van der Waals surface area contributed by atoms with Crippen LogP contribution < -0.4 is 54.0 Å². The average molecular weight is 1230 g/mol. The van der Waals surface area contributed by atoms with Crippen molar-refractivity contribution < 1.29 is 73.0 Å². The van der Waals surface area contributed by atoms with Crippen LogP contribution in [-0.4, -0.2) is 163 Å². The molecule has 1 heterocycles. The number of carboxylic acids is 2. The van der Waals surface area contributed by atoms with Crippen LogP contribution in [-0.2, 0) is 59.2 Å². The van der Waals surface area contributed by atoms with Crippen molar-refractivity contribution in [3.05, 3.63) is 64.3 Å². The van der Waals surface area contributed by atoms with Crippen LogP contribution in [0.25, 0.3) is 0 Å². The Labute approximate surface area is 501 Å². The first-order valence-corrected chi connectivity index (χ1v) is 30.3. The van der Waals surface area contributed by atoms with Crippen LogP contribution in [0.5, 0.6) is 0 Å². The van der Waals surface area contributed by atoms with E-state index in [1.165, 1.54) is 18.3 Å². The van der Waals surface area contributed by atoms with Crippen LogP contribution in [0.2, 0.25) is 0 Å². The number of aromatic nitrogens is 1. The quantitative estimate of drug-likeness (QED) is 0.0143. The van der Waals surface area contributed by atoms with Crippen LogP contribution in [0.4, 0.5) is 5.69 Å². The van der Waals surface area contributed by atoms with E-state index in [4.69, 9.17) is 11.5 Å². The molecule has 0 spiro atoms. The van der Waals surface area contributed by atoms with Gasteiger partial charge < -0.3 is 69.3 Å². The van der Waals surface area contributed by atoms with Crippen molar-refractivity contribution in [1.82, 2.24) is 47.5 Å². The van der Waals surface area contributed by atoms with Gasteiger partial charge in [-0.3, -0.25) is 58.1 Å². The number of Topliss-reactive ketones (excluding diaryl/α,β-unsaturated/α-hetero) is 1. The van der Waals surface area contributed by atoms with Crippen molar-refractivity contribution >= 4 is 92.3 Å². The third-order valence-corrected chi connectivity index (χ3v) is 16.0. The molecule has 0 unspecified atom stereocenters. The maximum absolute atomic E-state index is 14.5. The van der Waals surface area contributed by atoms with Crippen molar-refractivity contribution in [2.75, 3.05) is 18.9 Å². The Kier molecular flexibility index (Phi) is 32.9. The molecular formula is C55H84N12O16S2. The van der Waals surface area contributed by atoms with Crippen LogP contribution in [0.1, 0.15) is 112 Å². The monoisotopic (exact) mass is 1230 g/mol. The summed E-state index contributed by atoms with van der Waals surface area (Å²) >= 11 is 0. The highest BCUT2D eigenvalue weighted by Gasteiger charge is 2.38. The van der Waals surface area contributed by atoms with Gasteiger partial charge in [-0.25, -0.2) is 9.78 Å². The van der Waals surface area contributed by atoms with E-state index in [9.17, 15) is 78.2 Å². The van der Waals surface area contributed by atoms with Gasteiger partial charge in [0, 0.05) is 30.9 Å². The number of carbonyl (C=O) groups excluding carboxylic acids is 9. The molecule has 30 heteroatoms. The smallest absolute Gasteiger partial charge is 0.374 e. The summed E-state index contributed by atoms with van der Waals surface area (Å²) in [6.07, 6.45) is 1.26. The topological polar surface area (TPSA) is 453 Å². The zero-order chi connectivity index (χ0) is 64.1. The Morgan fingerprint density at radius 2 is 1.12 bits per heavy atom. The molecule has 0 bridgehead atoms. The van der Waals surface area contributed by atoms with Gasteiger partial charge in [0.15, 0.2) is 5.03 Å². The van der Waals surface area contributed by atoms with E-state index in [-0.39, 0.29) is 54.6 Å². The largest absolute Gasteiger partial charge is 0.481 e. The van der Waals surface area contributed by atoms with Gasteiger partial charge in [0.05, 0.1) is 23.6 Å². The molecule has 0 radical (unpaired) electrons. The number of nitrogens with zero attached hydrogens (tertiary/aromatic N) is 2. The highest BCUT2D eigenvalue weighted by atomic mass is 33.1. The second-order valence-corrected chi connectivity index (χ2v) is 23.6. The fourth-order valence-corrected chi connectivity index (χ4v) is 10.4. The zero-order valence-electron chi connectivity index (χ0n) is 49.1. The highest BCUT2D eigenvalue weighted by molar-refractivity contribution is 8.76. The fourth-order valence-electron chi connectivity index (χ4n) is 8.26. The van der Waals surface area contributed by atoms with Gasteiger partial charge in [0.1, 0.15) is 42.3 Å². The molecule has 11 atom stereocenters. The molecule has 15 N–H and O–H groups in total. The van der Waals surface area contributed by atoms with Crippen LogP contribution in [0.15, 0.2) is 53.7 Å². The summed E-state index contributed by atoms with van der Waals surface area (Å²) < 4.78 is 0. The van der Waals surface area contributed by atoms with E-state index in [0.29, 0.717) is 24.8 Å². The molecule has 28 nitrogen and oxygen atoms in total. The number of nitro groups is 1. The lowest BCUT2D eigenvalue weighted by Gasteiger charge is -2.31. The summed E-state index contributed by atoms with van der Waals surface area (Å²) in [6.45, 7) is 12.7. The molecule has 472 valence electrons. The van der Waals surface area contributed by atoms with Crippen molar-refractivity contribution in [3.63, 3.8) is 0 Å². The number of carbonyl (C=O) groups is 11. The molecule has 8 amide bonds. The number of nitrogens with two attached hydrogens (primary N) is 2. The number of aliphatic carboxylic acids is 2. The minimum atomic E-state index is -1.78. The van der Waals surface area contributed by atoms with Crippen molar-refractivity contribution in [2.45, 2.75) is 173 Å². The minimum Gasteiger partial charge on any atom is -0.481 e. The lowest BCUT2D eigenvalue weighted by atomic mass is 9.94. The summed E-state index contributed by atoms with van der Waals surface area (Å²) in [5.41, 5.74) is 12.0. The zero-order valence-corrected chi connectivity index (χ0v) is 50.8. The average Bonchev–Trinajstić information content (AvgIpc) is 3.67. The molecule has 2 rings (SSSR count). The van der Waals surface area contributed by atoms with E-state index >= 15 is 0 Å². The lowest BCUT2D eigenvalue weighted by molar-refractivity contribution is -0.388. The third-order valence-electron chi connectivity index (χ3n) is 13.6. The van der Waals surface area contributed by atoms with Crippen molar-refractivity contribution in [3.8, 4) is 0 Å². The summed E-state index contributed by atoms with van der Waals surface area (Å²) in [5, 5.41) is 61.2. The number of aliphatic hydroxyl groups excluding tert-OH is 1. The molecule has 0 fully saturated rings. The first-order valence-electron chi connectivity index (χ1n) is 28.0. The molecule has 1 aromatic heterocycles. The lowest BCUT2D eigenvalue weighted by Crippen LogP contribution is -2.63. The van der Waals surface area contributed by atoms with Crippen LogP contribution in [0.3, 0.4) is 0 Å². The third kappa shape index (κ3) is 25.5. The Morgan fingerprint density at radius 1 is 0.624 bits per heavy atom. The van der Waals surface area contributed by atoms with Gasteiger partial charge in [0.25, 0.3) is 5.78 Å². The molecule has 0 saturated heterocycles. The molecule has 0 aliphatic rings. The first kappa shape index (κ1) is 73.8. The number of rotatable bonds is 40. The Balaban J connectivity index is 2.41. The van der Waals surface area contributed by atoms with E-state index in [2.05, 4.69) is 47.5 Å². The van der Waals surface area contributed by atoms with E-state index in [1.54, 1.807) is 85.7 Å². The maximum atomic E-state index is 14.5. The highest BCUT2D eigenvalue weighted by Crippen LogP contribution is 2.35. The fraction of sp³-hybridized carbons (Fsp3) is 0.600. The van der Waals surface area contributed by atoms with Gasteiger partial charge in [0.2, 0.25) is 47.3 Å². The van der Waals surface area contributed by atoms with Crippen molar-refractivity contribution in [1.29, 1.82) is 0 Å². The van der Waals surface area contributed by atoms with Gasteiger partial charge in [-0.15, -0.1) is 0 Å². The van der Waals surface area contributed by atoms with Crippen molar-refractivity contribution in [2.24, 2.45) is 35.1 Å². The number of ketones is 1.